The van der Waals surface area contributed by atoms with Gasteiger partial charge in [-0.15, -0.1) is 0 Å². The van der Waals surface area contributed by atoms with Gasteiger partial charge in [0.1, 0.15) is 13.2 Å². The largest absolute Gasteiger partial charge is 0.486 e. The van der Waals surface area contributed by atoms with Crippen molar-refractivity contribution in [1.29, 1.82) is 0 Å². The number of hydrogen-bond donors (Lipinski definition) is 1. The quantitative estimate of drug-likeness (QED) is 0.581. The number of benzene rings is 1. The summed E-state index contributed by atoms with van der Waals surface area (Å²) in [6.45, 7) is 2.47. The van der Waals surface area contributed by atoms with Gasteiger partial charge in [-0.25, -0.2) is 0 Å². The van der Waals surface area contributed by atoms with Crippen molar-refractivity contribution in [2.45, 2.75) is 57.6 Å². The zero-order chi connectivity index (χ0) is 19.2. The third-order valence-corrected chi connectivity index (χ3v) is 4.80. The fourth-order valence-electron chi connectivity index (χ4n) is 3.28. The van der Waals surface area contributed by atoms with Gasteiger partial charge in [-0.2, -0.15) is 0 Å². The molecule has 1 heterocycles. The number of carbonyl (C=O) groups is 3. The molecule has 1 amide bonds. The highest BCUT2D eigenvalue weighted by Gasteiger charge is 2.23. The van der Waals surface area contributed by atoms with E-state index < -0.39 is 12.1 Å². The van der Waals surface area contributed by atoms with Crippen molar-refractivity contribution in [2.75, 3.05) is 13.2 Å². The maximum atomic E-state index is 12.3. The molecule has 0 bridgehead atoms. The molecule has 27 heavy (non-hydrogen) atoms. The Morgan fingerprint density at radius 2 is 1.81 bits per heavy atom. The molecule has 0 radical (unpaired) electrons. The van der Waals surface area contributed by atoms with Crippen LogP contribution >= 0.6 is 0 Å². The van der Waals surface area contributed by atoms with Crippen LogP contribution in [-0.4, -0.2) is 43.0 Å². The van der Waals surface area contributed by atoms with Gasteiger partial charge in [-0.05, 0) is 38.0 Å². The predicted octanol–water partition coefficient (Wildman–Crippen LogP) is 2.41. The van der Waals surface area contributed by atoms with E-state index in [0.717, 1.165) is 25.7 Å². The summed E-state index contributed by atoms with van der Waals surface area (Å²) in [6, 6.07) is 5.14. The molecule has 3 rings (SSSR count). The second-order valence-electron chi connectivity index (χ2n) is 6.90. The van der Waals surface area contributed by atoms with E-state index in [0.29, 0.717) is 30.3 Å². The fourth-order valence-corrected chi connectivity index (χ4v) is 3.28. The molecular weight excluding hydrogens is 350 g/mol. The summed E-state index contributed by atoms with van der Waals surface area (Å²) in [5.74, 6) is 0.113. The zero-order valence-corrected chi connectivity index (χ0v) is 15.5. The van der Waals surface area contributed by atoms with Crippen molar-refractivity contribution >= 4 is 17.7 Å². The van der Waals surface area contributed by atoms with E-state index >= 15 is 0 Å². The molecule has 7 nitrogen and oxygen atoms in total. The molecule has 1 atom stereocenters. The second-order valence-corrected chi connectivity index (χ2v) is 6.90. The van der Waals surface area contributed by atoms with Crippen LogP contribution in [0.1, 0.15) is 55.8 Å². The third-order valence-electron chi connectivity index (χ3n) is 4.80. The standard InChI is InChI=1S/C20H25NO6/c1-13(20(24)21-15-4-2-3-5-15)27-19(23)9-7-16(22)14-6-8-17-18(12-14)26-11-10-25-17/h6,8,12-13,15H,2-5,7,9-11H2,1H3,(H,21,24). The highest BCUT2D eigenvalue weighted by atomic mass is 16.6. The Balaban J connectivity index is 1.44. The minimum absolute atomic E-state index is 0.00937. The number of Topliss-reactive ketones (excluding diaryl/α,β-unsaturated/α-hetero) is 1. The minimum Gasteiger partial charge on any atom is -0.486 e. The van der Waals surface area contributed by atoms with Gasteiger partial charge in [0.05, 0.1) is 6.42 Å². The molecule has 7 heteroatoms. The molecule has 1 fully saturated rings. The Hall–Kier alpha value is -2.57. The van der Waals surface area contributed by atoms with Crippen LogP contribution in [0.4, 0.5) is 0 Å². The molecule has 146 valence electrons. The first kappa shape index (κ1) is 19.2. The number of fused-ring (bicyclic) bond motifs is 1. The van der Waals surface area contributed by atoms with Gasteiger partial charge in [0, 0.05) is 18.0 Å². The Morgan fingerprint density at radius 1 is 1.11 bits per heavy atom. The molecular formula is C20H25NO6. The first-order valence-electron chi connectivity index (χ1n) is 9.45. The number of hydrogen-bond acceptors (Lipinski definition) is 6. The van der Waals surface area contributed by atoms with Gasteiger partial charge < -0.3 is 19.5 Å². The zero-order valence-electron chi connectivity index (χ0n) is 15.5. The van der Waals surface area contributed by atoms with Crippen LogP contribution in [0.3, 0.4) is 0 Å². The van der Waals surface area contributed by atoms with Crippen molar-refractivity contribution in [3.8, 4) is 11.5 Å². The average Bonchev–Trinajstić information content (AvgIpc) is 3.18. The van der Waals surface area contributed by atoms with Crippen molar-refractivity contribution in [3.05, 3.63) is 23.8 Å². The summed E-state index contributed by atoms with van der Waals surface area (Å²) < 4.78 is 16.0. The predicted molar refractivity (Wildman–Crippen MR) is 96.9 cm³/mol. The molecule has 0 spiro atoms. The summed E-state index contributed by atoms with van der Waals surface area (Å²) in [6.07, 6.45) is 3.24. The van der Waals surface area contributed by atoms with Gasteiger partial charge in [0.2, 0.25) is 0 Å². The van der Waals surface area contributed by atoms with E-state index in [1.807, 2.05) is 0 Å². The Kier molecular flexibility index (Phi) is 6.32. The van der Waals surface area contributed by atoms with Gasteiger partial charge in [-0.3, -0.25) is 14.4 Å². The first-order chi connectivity index (χ1) is 13.0. The molecule has 1 N–H and O–H groups in total. The SMILES string of the molecule is CC(OC(=O)CCC(=O)c1ccc2c(c1)OCCO2)C(=O)NC1CCCC1. The van der Waals surface area contributed by atoms with E-state index in [2.05, 4.69) is 5.32 Å². The summed E-state index contributed by atoms with van der Waals surface area (Å²) in [5, 5.41) is 2.89. The molecule has 1 aliphatic heterocycles. The van der Waals surface area contributed by atoms with Gasteiger partial charge in [0.25, 0.3) is 5.91 Å². The highest BCUT2D eigenvalue weighted by molar-refractivity contribution is 5.98. The van der Waals surface area contributed by atoms with E-state index in [1.165, 1.54) is 0 Å². The lowest BCUT2D eigenvalue weighted by molar-refractivity contribution is -0.155. The van der Waals surface area contributed by atoms with E-state index in [-0.39, 0.29) is 30.6 Å². The van der Waals surface area contributed by atoms with Crippen molar-refractivity contribution in [2.24, 2.45) is 0 Å². The smallest absolute Gasteiger partial charge is 0.307 e. The van der Waals surface area contributed by atoms with E-state index in [1.54, 1.807) is 25.1 Å². The van der Waals surface area contributed by atoms with Gasteiger partial charge >= 0.3 is 5.97 Å². The monoisotopic (exact) mass is 375 g/mol. The molecule has 1 aromatic carbocycles. The van der Waals surface area contributed by atoms with Crippen LogP contribution in [-0.2, 0) is 14.3 Å². The summed E-state index contributed by atoms with van der Waals surface area (Å²) >= 11 is 0. The van der Waals surface area contributed by atoms with Crippen LogP contribution in [0, 0.1) is 0 Å². The van der Waals surface area contributed by atoms with Crippen molar-refractivity contribution < 1.29 is 28.6 Å². The van der Waals surface area contributed by atoms with Gasteiger partial charge in [0.15, 0.2) is 23.4 Å². The minimum atomic E-state index is -0.859. The lowest BCUT2D eigenvalue weighted by atomic mass is 10.1. The summed E-state index contributed by atoms with van der Waals surface area (Å²) in [5.41, 5.74) is 0.457. The molecule has 1 aromatic rings. The Labute approximate surface area is 158 Å². The number of nitrogens with one attached hydrogen (secondary N) is 1. The molecule has 1 saturated carbocycles. The second kappa shape index (κ2) is 8.88. The van der Waals surface area contributed by atoms with Gasteiger partial charge in [-0.1, -0.05) is 12.8 Å². The van der Waals surface area contributed by atoms with Crippen LogP contribution < -0.4 is 14.8 Å². The number of esters is 1. The maximum absolute atomic E-state index is 12.3. The molecule has 1 unspecified atom stereocenters. The maximum Gasteiger partial charge on any atom is 0.307 e. The molecule has 0 aromatic heterocycles. The highest BCUT2D eigenvalue weighted by Crippen LogP contribution is 2.31. The Bertz CT molecular complexity index is 710. The van der Waals surface area contributed by atoms with E-state index in [4.69, 9.17) is 14.2 Å². The van der Waals surface area contributed by atoms with Crippen LogP contribution in [0.25, 0.3) is 0 Å². The van der Waals surface area contributed by atoms with Crippen LogP contribution in [0.15, 0.2) is 18.2 Å². The number of carbonyl (C=O) groups excluding carboxylic acids is 3. The molecule has 1 aliphatic carbocycles. The number of ether oxygens (including phenoxy) is 3. The topological polar surface area (TPSA) is 90.9 Å². The lowest BCUT2D eigenvalue weighted by Gasteiger charge is -2.18. The van der Waals surface area contributed by atoms with Crippen molar-refractivity contribution in [3.63, 3.8) is 0 Å². The summed E-state index contributed by atoms with van der Waals surface area (Å²) in [4.78, 5) is 36.3. The molecule has 2 aliphatic rings. The first-order valence-corrected chi connectivity index (χ1v) is 9.45. The van der Waals surface area contributed by atoms with Crippen molar-refractivity contribution in [1.82, 2.24) is 5.32 Å². The third kappa shape index (κ3) is 5.21. The normalized spacial score (nSPS) is 17.2. The lowest BCUT2D eigenvalue weighted by Crippen LogP contribution is -2.40. The number of amides is 1. The van der Waals surface area contributed by atoms with Crippen LogP contribution in [0.5, 0.6) is 11.5 Å². The molecule has 0 saturated heterocycles. The number of ketones is 1. The average molecular weight is 375 g/mol. The van der Waals surface area contributed by atoms with Crippen LogP contribution in [0.2, 0.25) is 0 Å². The fraction of sp³-hybridized carbons (Fsp3) is 0.550. The Morgan fingerprint density at radius 3 is 2.56 bits per heavy atom. The number of rotatable bonds is 7. The van der Waals surface area contributed by atoms with E-state index in [9.17, 15) is 14.4 Å². The summed E-state index contributed by atoms with van der Waals surface area (Å²) in [7, 11) is 0.